The molecular formula is C9H19N3. The molecule has 0 atom stereocenters. The lowest BCUT2D eigenvalue weighted by Gasteiger charge is -2.52. The van der Waals surface area contributed by atoms with Gasteiger partial charge in [0, 0.05) is 38.3 Å². The SMILES string of the molecule is CN1CC(N2CC(N(C)C)C2)C1. The standard InChI is InChI=1S/C9H19N3/c1-10(2)8-6-12(7-8)9-4-11(3)5-9/h8-9H,4-7H2,1-3H3. The van der Waals surface area contributed by atoms with Crippen molar-refractivity contribution in [3.63, 3.8) is 0 Å². The Morgan fingerprint density at radius 3 is 2.08 bits per heavy atom. The second kappa shape index (κ2) is 2.98. The third kappa shape index (κ3) is 1.37. The summed E-state index contributed by atoms with van der Waals surface area (Å²) in [7, 11) is 6.55. The highest BCUT2D eigenvalue weighted by Crippen LogP contribution is 2.21. The maximum absolute atomic E-state index is 2.60. The molecule has 2 aliphatic rings. The summed E-state index contributed by atoms with van der Waals surface area (Å²) in [5.74, 6) is 0. The van der Waals surface area contributed by atoms with Crippen LogP contribution in [0.15, 0.2) is 0 Å². The van der Waals surface area contributed by atoms with Gasteiger partial charge in [0.1, 0.15) is 0 Å². The number of likely N-dealkylation sites (tertiary alicyclic amines) is 2. The Morgan fingerprint density at radius 2 is 1.67 bits per heavy atom. The second-order valence-corrected chi connectivity index (χ2v) is 4.45. The molecule has 0 aromatic rings. The van der Waals surface area contributed by atoms with E-state index in [1.807, 2.05) is 0 Å². The van der Waals surface area contributed by atoms with Crippen molar-refractivity contribution in [2.24, 2.45) is 0 Å². The molecule has 0 aromatic heterocycles. The van der Waals surface area contributed by atoms with Gasteiger partial charge in [-0.15, -0.1) is 0 Å². The van der Waals surface area contributed by atoms with Crippen LogP contribution in [0.3, 0.4) is 0 Å². The van der Waals surface area contributed by atoms with Gasteiger partial charge in [-0.2, -0.15) is 0 Å². The summed E-state index contributed by atoms with van der Waals surface area (Å²) < 4.78 is 0. The lowest BCUT2D eigenvalue weighted by atomic mass is 10.00. The second-order valence-electron chi connectivity index (χ2n) is 4.45. The predicted octanol–water partition coefficient (Wildman–Crippen LogP) is -0.454. The molecular weight excluding hydrogens is 150 g/mol. The Hall–Kier alpha value is -0.120. The average Bonchev–Trinajstić information content (AvgIpc) is 1.79. The minimum absolute atomic E-state index is 0.816. The molecule has 3 nitrogen and oxygen atoms in total. The average molecular weight is 169 g/mol. The van der Waals surface area contributed by atoms with Crippen LogP contribution in [0.4, 0.5) is 0 Å². The predicted molar refractivity (Wildman–Crippen MR) is 50.3 cm³/mol. The van der Waals surface area contributed by atoms with E-state index in [0.717, 1.165) is 12.1 Å². The molecule has 0 aromatic carbocycles. The molecule has 12 heavy (non-hydrogen) atoms. The zero-order valence-electron chi connectivity index (χ0n) is 8.32. The van der Waals surface area contributed by atoms with Gasteiger partial charge >= 0.3 is 0 Å². The van der Waals surface area contributed by atoms with E-state index in [1.165, 1.54) is 26.2 Å². The third-order valence-electron chi connectivity index (χ3n) is 3.18. The van der Waals surface area contributed by atoms with E-state index >= 15 is 0 Å². The number of nitrogens with zero attached hydrogens (tertiary/aromatic N) is 3. The van der Waals surface area contributed by atoms with E-state index in [2.05, 4.69) is 35.8 Å². The summed E-state index contributed by atoms with van der Waals surface area (Å²) >= 11 is 0. The molecule has 0 saturated carbocycles. The molecule has 0 aliphatic carbocycles. The van der Waals surface area contributed by atoms with Crippen molar-refractivity contribution in [1.29, 1.82) is 0 Å². The summed E-state index contributed by atoms with van der Waals surface area (Å²) in [4.78, 5) is 7.32. The highest BCUT2D eigenvalue weighted by Gasteiger charge is 2.37. The molecule has 2 heterocycles. The largest absolute Gasteiger partial charge is 0.304 e. The van der Waals surface area contributed by atoms with E-state index < -0.39 is 0 Å². The zero-order chi connectivity index (χ0) is 8.72. The topological polar surface area (TPSA) is 9.72 Å². The van der Waals surface area contributed by atoms with Crippen molar-refractivity contribution < 1.29 is 0 Å². The van der Waals surface area contributed by atoms with Crippen molar-refractivity contribution >= 4 is 0 Å². The van der Waals surface area contributed by atoms with Crippen LogP contribution in [0.5, 0.6) is 0 Å². The monoisotopic (exact) mass is 169 g/mol. The Morgan fingerprint density at radius 1 is 1.08 bits per heavy atom. The van der Waals surface area contributed by atoms with Gasteiger partial charge < -0.3 is 9.80 Å². The molecule has 0 N–H and O–H groups in total. The molecule has 0 unspecified atom stereocenters. The van der Waals surface area contributed by atoms with Crippen LogP contribution in [0, 0.1) is 0 Å². The number of hydrogen-bond acceptors (Lipinski definition) is 3. The van der Waals surface area contributed by atoms with Gasteiger partial charge in [-0.1, -0.05) is 0 Å². The molecule has 2 rings (SSSR count). The fourth-order valence-corrected chi connectivity index (χ4v) is 2.01. The molecule has 2 saturated heterocycles. The summed E-state index contributed by atoms with van der Waals surface area (Å²) in [6.07, 6.45) is 0. The minimum atomic E-state index is 0.816. The van der Waals surface area contributed by atoms with Crippen LogP contribution in [-0.2, 0) is 0 Å². The molecule has 0 radical (unpaired) electrons. The fraction of sp³-hybridized carbons (Fsp3) is 1.00. The number of rotatable bonds is 2. The van der Waals surface area contributed by atoms with Crippen molar-refractivity contribution in [3.05, 3.63) is 0 Å². The lowest BCUT2D eigenvalue weighted by Crippen LogP contribution is -2.68. The molecule has 70 valence electrons. The molecule has 2 aliphatic heterocycles. The summed E-state index contributed by atoms with van der Waals surface area (Å²) in [6.45, 7) is 5.12. The van der Waals surface area contributed by atoms with Crippen molar-refractivity contribution in [1.82, 2.24) is 14.7 Å². The van der Waals surface area contributed by atoms with Crippen LogP contribution in [0.25, 0.3) is 0 Å². The van der Waals surface area contributed by atoms with Gasteiger partial charge in [0.2, 0.25) is 0 Å². The van der Waals surface area contributed by atoms with Gasteiger partial charge in [0.25, 0.3) is 0 Å². The number of likely N-dealkylation sites (N-methyl/N-ethyl adjacent to an activating group) is 2. The summed E-state index contributed by atoms with van der Waals surface area (Å²) in [5, 5.41) is 0. The van der Waals surface area contributed by atoms with Crippen LogP contribution in [0.1, 0.15) is 0 Å². The minimum Gasteiger partial charge on any atom is -0.304 e. The first-order valence-electron chi connectivity index (χ1n) is 4.76. The van der Waals surface area contributed by atoms with Gasteiger partial charge in [-0.3, -0.25) is 4.90 Å². The zero-order valence-corrected chi connectivity index (χ0v) is 8.32. The van der Waals surface area contributed by atoms with E-state index in [-0.39, 0.29) is 0 Å². The normalized spacial score (nSPS) is 29.0. The van der Waals surface area contributed by atoms with Gasteiger partial charge in [-0.25, -0.2) is 0 Å². The van der Waals surface area contributed by atoms with E-state index in [1.54, 1.807) is 0 Å². The van der Waals surface area contributed by atoms with Crippen LogP contribution >= 0.6 is 0 Å². The maximum Gasteiger partial charge on any atom is 0.0351 e. The summed E-state index contributed by atoms with van der Waals surface area (Å²) in [5.41, 5.74) is 0. The highest BCUT2D eigenvalue weighted by atomic mass is 15.4. The Kier molecular flexibility index (Phi) is 2.10. The third-order valence-corrected chi connectivity index (χ3v) is 3.18. The first-order chi connectivity index (χ1) is 5.66. The van der Waals surface area contributed by atoms with E-state index in [9.17, 15) is 0 Å². The molecule has 0 amide bonds. The van der Waals surface area contributed by atoms with Crippen LogP contribution < -0.4 is 0 Å². The van der Waals surface area contributed by atoms with Crippen molar-refractivity contribution in [2.45, 2.75) is 12.1 Å². The van der Waals surface area contributed by atoms with E-state index in [0.29, 0.717) is 0 Å². The Balaban J connectivity index is 1.68. The van der Waals surface area contributed by atoms with Crippen LogP contribution in [-0.4, -0.2) is 74.1 Å². The molecule has 0 spiro atoms. The first-order valence-corrected chi connectivity index (χ1v) is 4.76. The van der Waals surface area contributed by atoms with Gasteiger partial charge in [0.05, 0.1) is 0 Å². The molecule has 2 fully saturated rings. The Bertz CT molecular complexity index is 157. The van der Waals surface area contributed by atoms with Gasteiger partial charge in [0.15, 0.2) is 0 Å². The van der Waals surface area contributed by atoms with Crippen LogP contribution in [0.2, 0.25) is 0 Å². The number of hydrogen-bond donors (Lipinski definition) is 0. The maximum atomic E-state index is 2.60. The Labute approximate surface area is 74.9 Å². The lowest BCUT2D eigenvalue weighted by molar-refractivity contribution is -0.0311. The first kappa shape index (κ1) is 8.48. The molecule has 0 bridgehead atoms. The van der Waals surface area contributed by atoms with E-state index in [4.69, 9.17) is 0 Å². The van der Waals surface area contributed by atoms with Crippen molar-refractivity contribution in [3.8, 4) is 0 Å². The fourth-order valence-electron chi connectivity index (χ4n) is 2.01. The summed E-state index contributed by atoms with van der Waals surface area (Å²) in [6, 6.07) is 1.68. The van der Waals surface area contributed by atoms with Crippen molar-refractivity contribution in [2.75, 3.05) is 47.3 Å². The molecule has 3 heteroatoms. The quantitative estimate of drug-likeness (QED) is 0.554. The highest BCUT2D eigenvalue weighted by molar-refractivity contribution is 4.95. The smallest absolute Gasteiger partial charge is 0.0351 e. The van der Waals surface area contributed by atoms with Gasteiger partial charge in [-0.05, 0) is 21.1 Å².